The molecular weight excluding hydrogens is 326 g/mol. The third kappa shape index (κ3) is 4.38. The van der Waals surface area contributed by atoms with Gasteiger partial charge in [0.15, 0.2) is 0 Å². The standard InChI is InChI=1S/C15H18ClNO4S/c1-21-12-6-13(15(19)20)17(7-12)14(18)9-22-8-10-3-2-4-11(16)5-10/h2-5,12-13H,6-9H2,1H3,(H,19,20). The van der Waals surface area contributed by atoms with Crippen molar-refractivity contribution in [3.05, 3.63) is 34.9 Å². The number of methoxy groups -OCH3 is 1. The van der Waals surface area contributed by atoms with E-state index >= 15 is 0 Å². The Morgan fingerprint density at radius 1 is 1.50 bits per heavy atom. The van der Waals surface area contributed by atoms with Crippen molar-refractivity contribution in [3.63, 3.8) is 0 Å². The van der Waals surface area contributed by atoms with Crippen LogP contribution >= 0.6 is 23.4 Å². The first-order valence-corrected chi connectivity index (χ1v) is 8.41. The fourth-order valence-electron chi connectivity index (χ4n) is 2.44. The van der Waals surface area contributed by atoms with Crippen LogP contribution in [0.25, 0.3) is 0 Å². The fourth-order valence-corrected chi connectivity index (χ4v) is 3.51. The Labute approximate surface area is 138 Å². The van der Waals surface area contributed by atoms with E-state index in [-0.39, 0.29) is 17.8 Å². The summed E-state index contributed by atoms with van der Waals surface area (Å²) in [4.78, 5) is 24.9. The normalized spacial score (nSPS) is 21.1. The molecule has 0 radical (unpaired) electrons. The van der Waals surface area contributed by atoms with Crippen molar-refractivity contribution in [2.45, 2.75) is 24.3 Å². The number of hydrogen-bond acceptors (Lipinski definition) is 4. The van der Waals surface area contributed by atoms with Crippen LogP contribution < -0.4 is 0 Å². The van der Waals surface area contributed by atoms with Gasteiger partial charge < -0.3 is 14.7 Å². The molecule has 1 N–H and O–H groups in total. The van der Waals surface area contributed by atoms with Gasteiger partial charge in [-0.05, 0) is 17.7 Å². The number of carbonyl (C=O) groups excluding carboxylic acids is 1. The largest absolute Gasteiger partial charge is 0.480 e. The molecule has 2 rings (SSSR count). The Bertz CT molecular complexity index is 554. The lowest BCUT2D eigenvalue weighted by Crippen LogP contribution is -2.41. The van der Waals surface area contributed by atoms with E-state index in [0.717, 1.165) is 5.56 Å². The molecule has 22 heavy (non-hydrogen) atoms. The van der Waals surface area contributed by atoms with Crippen molar-refractivity contribution in [2.24, 2.45) is 0 Å². The molecule has 120 valence electrons. The Morgan fingerprint density at radius 3 is 2.91 bits per heavy atom. The second-order valence-corrected chi connectivity index (χ2v) is 6.54. The Balaban J connectivity index is 1.87. The number of ether oxygens (including phenoxy) is 1. The molecule has 0 bridgehead atoms. The lowest BCUT2D eigenvalue weighted by atomic mass is 10.2. The summed E-state index contributed by atoms with van der Waals surface area (Å²) in [5.74, 6) is -0.245. The molecule has 1 saturated heterocycles. The zero-order valence-corrected chi connectivity index (χ0v) is 13.8. The number of rotatable bonds is 6. The third-order valence-electron chi connectivity index (χ3n) is 3.58. The van der Waals surface area contributed by atoms with Gasteiger partial charge in [0.05, 0.1) is 11.9 Å². The van der Waals surface area contributed by atoms with Gasteiger partial charge in [-0.3, -0.25) is 4.79 Å². The van der Waals surface area contributed by atoms with E-state index in [1.54, 1.807) is 6.07 Å². The summed E-state index contributed by atoms with van der Waals surface area (Å²) in [7, 11) is 1.53. The van der Waals surface area contributed by atoms with Crippen molar-refractivity contribution >= 4 is 35.2 Å². The minimum atomic E-state index is -0.979. The highest BCUT2D eigenvalue weighted by Gasteiger charge is 2.39. The smallest absolute Gasteiger partial charge is 0.326 e. The van der Waals surface area contributed by atoms with Crippen LogP contribution in [0.2, 0.25) is 5.02 Å². The van der Waals surface area contributed by atoms with E-state index in [9.17, 15) is 14.7 Å². The number of carboxylic acid groups (broad SMARTS) is 1. The van der Waals surface area contributed by atoms with Gasteiger partial charge in [0.1, 0.15) is 6.04 Å². The van der Waals surface area contributed by atoms with Crippen LogP contribution in [0.4, 0.5) is 0 Å². The van der Waals surface area contributed by atoms with E-state index < -0.39 is 12.0 Å². The van der Waals surface area contributed by atoms with Gasteiger partial charge in [-0.2, -0.15) is 0 Å². The van der Waals surface area contributed by atoms with Gasteiger partial charge in [-0.15, -0.1) is 11.8 Å². The maximum Gasteiger partial charge on any atom is 0.326 e. The SMILES string of the molecule is COC1CC(C(=O)O)N(C(=O)CSCc2cccc(Cl)c2)C1. The van der Waals surface area contributed by atoms with E-state index in [1.165, 1.54) is 23.8 Å². The summed E-state index contributed by atoms with van der Waals surface area (Å²) < 4.78 is 5.18. The second kappa shape index (κ2) is 7.85. The monoisotopic (exact) mass is 343 g/mol. The van der Waals surface area contributed by atoms with Crippen LogP contribution in [0, 0.1) is 0 Å². The fraction of sp³-hybridized carbons (Fsp3) is 0.467. The quantitative estimate of drug-likeness (QED) is 0.858. The number of aliphatic carboxylic acids is 1. The van der Waals surface area contributed by atoms with Crippen LogP contribution in [-0.2, 0) is 20.1 Å². The minimum Gasteiger partial charge on any atom is -0.480 e. The topological polar surface area (TPSA) is 66.8 Å². The number of carboxylic acids is 1. The molecule has 5 nitrogen and oxygen atoms in total. The molecule has 7 heteroatoms. The molecule has 2 atom stereocenters. The van der Waals surface area contributed by atoms with E-state index in [1.807, 2.05) is 18.2 Å². The van der Waals surface area contributed by atoms with Crippen LogP contribution in [0.1, 0.15) is 12.0 Å². The van der Waals surface area contributed by atoms with Gasteiger partial charge in [0, 0.05) is 30.9 Å². The minimum absolute atomic E-state index is 0.168. The molecule has 1 heterocycles. The molecule has 1 aromatic rings. The summed E-state index contributed by atoms with van der Waals surface area (Å²) in [5, 5.41) is 9.87. The van der Waals surface area contributed by atoms with Crippen LogP contribution in [0.5, 0.6) is 0 Å². The molecule has 1 amide bonds. The van der Waals surface area contributed by atoms with Gasteiger partial charge >= 0.3 is 5.97 Å². The molecule has 1 aromatic carbocycles. The highest BCUT2D eigenvalue weighted by atomic mass is 35.5. The summed E-state index contributed by atoms with van der Waals surface area (Å²) in [6.07, 6.45) is 0.138. The van der Waals surface area contributed by atoms with Crippen LogP contribution in [0.15, 0.2) is 24.3 Å². The summed E-state index contributed by atoms with van der Waals surface area (Å²) >= 11 is 7.36. The molecule has 2 unspecified atom stereocenters. The lowest BCUT2D eigenvalue weighted by Gasteiger charge is -2.21. The molecule has 1 aliphatic rings. The maximum atomic E-state index is 12.2. The van der Waals surface area contributed by atoms with Crippen molar-refractivity contribution in [2.75, 3.05) is 19.4 Å². The number of halogens is 1. The number of hydrogen-bond donors (Lipinski definition) is 1. The van der Waals surface area contributed by atoms with E-state index in [2.05, 4.69) is 0 Å². The van der Waals surface area contributed by atoms with Gasteiger partial charge in [0.25, 0.3) is 0 Å². The number of amides is 1. The van der Waals surface area contributed by atoms with E-state index in [4.69, 9.17) is 16.3 Å². The average Bonchev–Trinajstić information content (AvgIpc) is 2.92. The van der Waals surface area contributed by atoms with Crippen LogP contribution in [-0.4, -0.2) is 53.4 Å². The van der Waals surface area contributed by atoms with Crippen molar-refractivity contribution in [1.29, 1.82) is 0 Å². The Kier molecular flexibility index (Phi) is 6.11. The van der Waals surface area contributed by atoms with Crippen molar-refractivity contribution < 1.29 is 19.4 Å². The molecule has 0 aromatic heterocycles. The maximum absolute atomic E-state index is 12.2. The van der Waals surface area contributed by atoms with Crippen molar-refractivity contribution in [3.8, 4) is 0 Å². The predicted octanol–water partition coefficient (Wildman–Crippen LogP) is 2.27. The van der Waals surface area contributed by atoms with E-state index in [0.29, 0.717) is 23.7 Å². The first kappa shape index (κ1) is 17.1. The molecule has 0 saturated carbocycles. The summed E-state index contributed by atoms with van der Waals surface area (Å²) in [6.45, 7) is 0.337. The van der Waals surface area contributed by atoms with Gasteiger partial charge in [-0.25, -0.2) is 4.79 Å². The number of thioether (sulfide) groups is 1. The average molecular weight is 344 g/mol. The molecule has 1 aliphatic heterocycles. The van der Waals surface area contributed by atoms with Gasteiger partial charge in [-0.1, -0.05) is 23.7 Å². The first-order chi connectivity index (χ1) is 10.5. The number of nitrogens with zero attached hydrogens (tertiary/aromatic N) is 1. The highest BCUT2D eigenvalue weighted by Crippen LogP contribution is 2.23. The summed E-state index contributed by atoms with van der Waals surface area (Å²) in [6, 6.07) is 6.68. The van der Waals surface area contributed by atoms with Crippen molar-refractivity contribution in [1.82, 2.24) is 4.90 Å². The number of carbonyl (C=O) groups is 2. The number of likely N-dealkylation sites (tertiary alicyclic amines) is 1. The summed E-state index contributed by atoms with van der Waals surface area (Å²) in [5.41, 5.74) is 1.04. The molecular formula is C15H18ClNO4S. The second-order valence-electron chi connectivity index (χ2n) is 5.12. The zero-order chi connectivity index (χ0) is 16.1. The first-order valence-electron chi connectivity index (χ1n) is 6.88. The molecule has 0 aliphatic carbocycles. The lowest BCUT2D eigenvalue weighted by molar-refractivity contribution is -0.147. The zero-order valence-electron chi connectivity index (χ0n) is 12.2. The number of benzene rings is 1. The van der Waals surface area contributed by atoms with Crippen LogP contribution in [0.3, 0.4) is 0 Å². The Hall–Kier alpha value is -1.24. The van der Waals surface area contributed by atoms with Gasteiger partial charge in [0.2, 0.25) is 5.91 Å². The highest BCUT2D eigenvalue weighted by molar-refractivity contribution is 7.99. The predicted molar refractivity (Wildman–Crippen MR) is 86.2 cm³/mol. The molecule has 0 spiro atoms. The third-order valence-corrected chi connectivity index (χ3v) is 4.81. The molecule has 1 fully saturated rings. The Morgan fingerprint density at radius 2 is 2.27 bits per heavy atom.